The van der Waals surface area contributed by atoms with E-state index in [0.717, 1.165) is 10.0 Å². The Morgan fingerprint density at radius 2 is 1.91 bits per heavy atom. The standard InChI is InChI=1S/C17H14BrN3O2/c18-14-8-4-7-13(11-14)16(22)19-10-9-15-20-21-17(23-15)12-5-2-1-3-6-12/h1-8,11H,9-10H2,(H,19,22). The van der Waals surface area contributed by atoms with Crippen LogP contribution >= 0.6 is 15.9 Å². The van der Waals surface area contributed by atoms with Crippen molar-refractivity contribution in [2.45, 2.75) is 6.42 Å². The fraction of sp³-hybridized carbons (Fsp3) is 0.118. The number of carbonyl (C=O) groups excluding carboxylic acids is 1. The van der Waals surface area contributed by atoms with E-state index >= 15 is 0 Å². The first-order chi connectivity index (χ1) is 11.2. The second-order valence-electron chi connectivity index (χ2n) is 4.88. The van der Waals surface area contributed by atoms with Gasteiger partial charge in [0.2, 0.25) is 11.8 Å². The summed E-state index contributed by atoms with van der Waals surface area (Å²) in [5, 5.41) is 10.9. The molecule has 5 nitrogen and oxygen atoms in total. The Bertz CT molecular complexity index is 802. The largest absolute Gasteiger partial charge is 0.421 e. The lowest BCUT2D eigenvalue weighted by atomic mass is 10.2. The van der Waals surface area contributed by atoms with Gasteiger partial charge < -0.3 is 9.73 Å². The number of aromatic nitrogens is 2. The van der Waals surface area contributed by atoms with Gasteiger partial charge in [-0.3, -0.25) is 4.79 Å². The van der Waals surface area contributed by atoms with Gasteiger partial charge in [-0.25, -0.2) is 0 Å². The van der Waals surface area contributed by atoms with E-state index in [9.17, 15) is 4.79 Å². The quantitative estimate of drug-likeness (QED) is 0.745. The molecule has 6 heteroatoms. The average molecular weight is 372 g/mol. The van der Waals surface area contributed by atoms with Crippen LogP contribution in [0.5, 0.6) is 0 Å². The van der Waals surface area contributed by atoms with Gasteiger partial charge in [0, 0.05) is 28.6 Å². The summed E-state index contributed by atoms with van der Waals surface area (Å²) in [7, 11) is 0. The number of carbonyl (C=O) groups is 1. The van der Waals surface area contributed by atoms with Crippen molar-refractivity contribution in [2.75, 3.05) is 6.54 Å². The molecule has 0 atom stereocenters. The Morgan fingerprint density at radius 1 is 1.09 bits per heavy atom. The van der Waals surface area contributed by atoms with Gasteiger partial charge in [-0.15, -0.1) is 10.2 Å². The fourth-order valence-electron chi connectivity index (χ4n) is 2.07. The Balaban J connectivity index is 1.55. The highest BCUT2D eigenvalue weighted by Gasteiger charge is 2.09. The van der Waals surface area contributed by atoms with E-state index in [2.05, 4.69) is 31.4 Å². The minimum atomic E-state index is -0.130. The van der Waals surface area contributed by atoms with E-state index in [4.69, 9.17) is 4.42 Å². The Labute approximate surface area is 141 Å². The molecule has 0 aliphatic carbocycles. The third-order valence-electron chi connectivity index (χ3n) is 3.20. The highest BCUT2D eigenvalue weighted by atomic mass is 79.9. The van der Waals surface area contributed by atoms with Crippen LogP contribution in [-0.4, -0.2) is 22.6 Å². The normalized spacial score (nSPS) is 10.5. The van der Waals surface area contributed by atoms with Crippen molar-refractivity contribution in [3.05, 3.63) is 70.5 Å². The number of hydrogen-bond donors (Lipinski definition) is 1. The molecule has 1 heterocycles. The first-order valence-electron chi connectivity index (χ1n) is 7.14. The molecule has 2 aromatic carbocycles. The van der Waals surface area contributed by atoms with Gasteiger partial charge in [-0.2, -0.15) is 0 Å². The first-order valence-corrected chi connectivity index (χ1v) is 7.93. The number of rotatable bonds is 5. The molecule has 0 bridgehead atoms. The summed E-state index contributed by atoms with van der Waals surface area (Å²) in [5.41, 5.74) is 1.49. The molecular weight excluding hydrogens is 358 g/mol. The third-order valence-corrected chi connectivity index (χ3v) is 3.69. The van der Waals surface area contributed by atoms with E-state index in [1.165, 1.54) is 0 Å². The maximum Gasteiger partial charge on any atom is 0.251 e. The van der Waals surface area contributed by atoms with E-state index in [1.807, 2.05) is 42.5 Å². The van der Waals surface area contributed by atoms with Gasteiger partial charge in [0.25, 0.3) is 5.91 Å². The lowest BCUT2D eigenvalue weighted by molar-refractivity contribution is 0.0953. The van der Waals surface area contributed by atoms with Crippen LogP contribution in [-0.2, 0) is 6.42 Å². The smallest absolute Gasteiger partial charge is 0.251 e. The van der Waals surface area contributed by atoms with Gasteiger partial charge in [-0.1, -0.05) is 40.2 Å². The Hall–Kier alpha value is -2.47. The molecule has 23 heavy (non-hydrogen) atoms. The van der Waals surface area contributed by atoms with Gasteiger partial charge in [-0.05, 0) is 30.3 Å². The van der Waals surface area contributed by atoms with Crippen LogP contribution in [0.3, 0.4) is 0 Å². The van der Waals surface area contributed by atoms with Crippen molar-refractivity contribution < 1.29 is 9.21 Å². The molecule has 0 saturated carbocycles. The number of benzene rings is 2. The molecule has 0 radical (unpaired) electrons. The van der Waals surface area contributed by atoms with Crippen molar-refractivity contribution >= 4 is 21.8 Å². The summed E-state index contributed by atoms with van der Waals surface area (Å²) >= 11 is 3.35. The molecule has 116 valence electrons. The molecule has 1 aromatic heterocycles. The molecule has 0 aliphatic rings. The summed E-state index contributed by atoms with van der Waals surface area (Å²) in [6.45, 7) is 0.432. The van der Waals surface area contributed by atoms with Gasteiger partial charge in [0.15, 0.2) is 0 Å². The summed E-state index contributed by atoms with van der Waals surface area (Å²) in [4.78, 5) is 12.0. The molecule has 0 saturated heterocycles. The molecule has 1 N–H and O–H groups in total. The Kier molecular flexibility index (Phi) is 4.83. The first kappa shape index (κ1) is 15.4. The number of nitrogens with zero attached hydrogens (tertiary/aromatic N) is 2. The van der Waals surface area contributed by atoms with Crippen LogP contribution in [0.15, 0.2) is 63.5 Å². The van der Waals surface area contributed by atoms with E-state index in [1.54, 1.807) is 12.1 Å². The van der Waals surface area contributed by atoms with Crippen LogP contribution in [0.4, 0.5) is 0 Å². The van der Waals surface area contributed by atoms with E-state index in [-0.39, 0.29) is 5.91 Å². The van der Waals surface area contributed by atoms with Crippen LogP contribution in [0.25, 0.3) is 11.5 Å². The summed E-state index contributed by atoms with van der Waals surface area (Å²) < 4.78 is 6.47. The lowest BCUT2D eigenvalue weighted by Gasteiger charge is -2.03. The minimum Gasteiger partial charge on any atom is -0.421 e. The molecular formula is C17H14BrN3O2. The second kappa shape index (κ2) is 7.19. The third kappa shape index (κ3) is 4.04. The number of halogens is 1. The lowest BCUT2D eigenvalue weighted by Crippen LogP contribution is -2.25. The summed E-state index contributed by atoms with van der Waals surface area (Å²) in [6, 6.07) is 16.8. The number of nitrogens with one attached hydrogen (secondary N) is 1. The SMILES string of the molecule is O=C(NCCc1nnc(-c2ccccc2)o1)c1cccc(Br)c1. The van der Waals surface area contributed by atoms with Gasteiger partial charge in [0.05, 0.1) is 0 Å². The van der Waals surface area contributed by atoms with Crippen LogP contribution in [0, 0.1) is 0 Å². The van der Waals surface area contributed by atoms with Crippen molar-refractivity contribution in [2.24, 2.45) is 0 Å². The number of amides is 1. The monoisotopic (exact) mass is 371 g/mol. The molecule has 0 aliphatic heterocycles. The van der Waals surface area contributed by atoms with Crippen molar-refractivity contribution in [1.82, 2.24) is 15.5 Å². The van der Waals surface area contributed by atoms with E-state index in [0.29, 0.717) is 30.3 Å². The zero-order chi connectivity index (χ0) is 16.1. The summed E-state index contributed by atoms with van der Waals surface area (Å²) in [6.07, 6.45) is 0.486. The topological polar surface area (TPSA) is 68.0 Å². The highest BCUT2D eigenvalue weighted by Crippen LogP contribution is 2.17. The maximum atomic E-state index is 12.0. The highest BCUT2D eigenvalue weighted by molar-refractivity contribution is 9.10. The zero-order valence-electron chi connectivity index (χ0n) is 12.2. The molecule has 3 aromatic rings. The predicted molar refractivity (Wildman–Crippen MR) is 89.9 cm³/mol. The van der Waals surface area contributed by atoms with Crippen molar-refractivity contribution in [3.63, 3.8) is 0 Å². The van der Waals surface area contributed by atoms with Crippen LogP contribution < -0.4 is 5.32 Å². The zero-order valence-corrected chi connectivity index (χ0v) is 13.8. The molecule has 3 rings (SSSR count). The molecule has 0 spiro atoms. The summed E-state index contributed by atoms with van der Waals surface area (Å²) in [5.74, 6) is 0.853. The predicted octanol–water partition coefficient (Wildman–Crippen LogP) is 3.47. The number of hydrogen-bond acceptors (Lipinski definition) is 4. The molecule has 1 amide bonds. The second-order valence-corrected chi connectivity index (χ2v) is 5.80. The maximum absolute atomic E-state index is 12.0. The minimum absolute atomic E-state index is 0.130. The average Bonchev–Trinajstić information content (AvgIpc) is 3.04. The van der Waals surface area contributed by atoms with Gasteiger partial charge >= 0.3 is 0 Å². The fourth-order valence-corrected chi connectivity index (χ4v) is 2.47. The van der Waals surface area contributed by atoms with Crippen molar-refractivity contribution in [1.29, 1.82) is 0 Å². The van der Waals surface area contributed by atoms with Gasteiger partial charge in [0.1, 0.15) is 0 Å². The van der Waals surface area contributed by atoms with Crippen molar-refractivity contribution in [3.8, 4) is 11.5 Å². The molecule has 0 unspecified atom stereocenters. The van der Waals surface area contributed by atoms with E-state index < -0.39 is 0 Å². The molecule has 0 fully saturated rings. The van der Waals surface area contributed by atoms with Crippen LogP contribution in [0.2, 0.25) is 0 Å². The Morgan fingerprint density at radius 3 is 2.70 bits per heavy atom. The van der Waals surface area contributed by atoms with Crippen LogP contribution in [0.1, 0.15) is 16.2 Å².